The lowest BCUT2D eigenvalue weighted by Crippen LogP contribution is -2.44. The van der Waals surface area contributed by atoms with Crippen LogP contribution in [0.15, 0.2) is 30.6 Å². The van der Waals surface area contributed by atoms with Gasteiger partial charge in [-0.2, -0.15) is 0 Å². The molecule has 2 aromatic rings. The van der Waals surface area contributed by atoms with Crippen molar-refractivity contribution >= 4 is 11.5 Å². The molecule has 0 amide bonds. The zero-order valence-electron chi connectivity index (χ0n) is 14.5. The predicted octanol–water partition coefficient (Wildman–Crippen LogP) is 1.01. The molecular formula is C17H19N5O5. The minimum absolute atomic E-state index is 0.0474. The van der Waals surface area contributed by atoms with Crippen LogP contribution in [0, 0.1) is 10.1 Å². The predicted molar refractivity (Wildman–Crippen MR) is 95.6 cm³/mol. The van der Waals surface area contributed by atoms with E-state index in [0.29, 0.717) is 23.2 Å². The topological polar surface area (TPSA) is 112 Å². The van der Waals surface area contributed by atoms with Crippen LogP contribution in [0.1, 0.15) is 0 Å². The second-order valence-corrected chi connectivity index (χ2v) is 6.17. The Morgan fingerprint density at radius 3 is 2.89 bits per heavy atom. The lowest BCUT2D eigenvalue weighted by Gasteiger charge is -2.30. The summed E-state index contributed by atoms with van der Waals surface area (Å²) >= 11 is 0. The van der Waals surface area contributed by atoms with Crippen LogP contribution < -0.4 is 24.4 Å². The molecule has 1 atom stereocenters. The quantitative estimate of drug-likeness (QED) is 0.606. The lowest BCUT2D eigenvalue weighted by molar-refractivity contribution is -0.385. The fourth-order valence-corrected chi connectivity index (χ4v) is 2.99. The minimum Gasteiger partial charge on any atom is -0.486 e. The maximum Gasteiger partial charge on any atom is 0.273 e. The number of non-ortho nitro benzene ring substituents is 1. The first-order chi connectivity index (χ1) is 13.2. The number of ether oxygens (including phenoxy) is 3. The minimum atomic E-state index is -0.469. The van der Waals surface area contributed by atoms with E-state index in [0.717, 1.165) is 26.2 Å². The van der Waals surface area contributed by atoms with E-state index in [1.165, 1.54) is 18.2 Å². The highest BCUT2D eigenvalue weighted by Gasteiger charge is 2.25. The molecule has 27 heavy (non-hydrogen) atoms. The third-order valence-corrected chi connectivity index (χ3v) is 4.33. The molecule has 1 aromatic carbocycles. The van der Waals surface area contributed by atoms with Crippen molar-refractivity contribution in [1.82, 2.24) is 15.3 Å². The number of nitro benzene ring substituents is 1. The van der Waals surface area contributed by atoms with Crippen LogP contribution in [0.3, 0.4) is 0 Å². The first kappa shape index (κ1) is 17.3. The Bertz CT molecular complexity index is 827. The first-order valence-electron chi connectivity index (χ1n) is 8.68. The number of anilines is 1. The fourth-order valence-electron chi connectivity index (χ4n) is 2.99. The molecule has 142 valence electrons. The zero-order chi connectivity index (χ0) is 18.6. The van der Waals surface area contributed by atoms with Crippen molar-refractivity contribution in [3.8, 4) is 17.4 Å². The normalized spacial score (nSPS) is 18.8. The van der Waals surface area contributed by atoms with E-state index in [2.05, 4.69) is 20.2 Å². The van der Waals surface area contributed by atoms with Gasteiger partial charge in [-0.3, -0.25) is 10.1 Å². The number of rotatable bonds is 5. The summed E-state index contributed by atoms with van der Waals surface area (Å²) in [5, 5.41) is 14.2. The summed E-state index contributed by atoms with van der Waals surface area (Å²) in [6, 6.07) is 4.28. The molecule has 1 saturated heterocycles. The summed E-state index contributed by atoms with van der Waals surface area (Å²) in [5.41, 5.74) is -0.0474. The maximum absolute atomic E-state index is 10.9. The first-order valence-corrected chi connectivity index (χ1v) is 8.68. The SMILES string of the molecule is O=[N+]([O-])c1ccc2c(c1)OC(COc1nccnc1N1CCNCC1)CO2. The van der Waals surface area contributed by atoms with Gasteiger partial charge in [-0.1, -0.05) is 0 Å². The summed E-state index contributed by atoms with van der Waals surface area (Å²) in [5.74, 6) is 1.96. The van der Waals surface area contributed by atoms with E-state index in [4.69, 9.17) is 14.2 Å². The standard InChI is InChI=1S/C17H19N5O5/c23-22(24)12-1-2-14-15(9-12)27-13(10-25-14)11-26-17-16(19-3-4-20-17)21-7-5-18-6-8-21/h1-4,9,13,18H,5-8,10-11H2. The van der Waals surface area contributed by atoms with Crippen LogP contribution in [-0.4, -0.2) is 60.4 Å². The number of fused-ring (bicyclic) bond motifs is 1. The third kappa shape index (κ3) is 3.85. The van der Waals surface area contributed by atoms with Crippen molar-refractivity contribution in [2.45, 2.75) is 6.10 Å². The maximum atomic E-state index is 10.9. The molecule has 0 saturated carbocycles. The Hall–Kier alpha value is -3.14. The summed E-state index contributed by atoms with van der Waals surface area (Å²) < 4.78 is 17.3. The van der Waals surface area contributed by atoms with Gasteiger partial charge in [0.15, 0.2) is 23.4 Å². The third-order valence-electron chi connectivity index (χ3n) is 4.33. The summed E-state index contributed by atoms with van der Waals surface area (Å²) in [6.07, 6.45) is 2.81. The van der Waals surface area contributed by atoms with Crippen molar-refractivity contribution in [2.24, 2.45) is 0 Å². The van der Waals surface area contributed by atoms with E-state index in [1.54, 1.807) is 12.4 Å². The summed E-state index contributed by atoms with van der Waals surface area (Å²) in [6.45, 7) is 3.90. The van der Waals surface area contributed by atoms with Crippen LogP contribution >= 0.6 is 0 Å². The van der Waals surface area contributed by atoms with Gasteiger partial charge in [-0.05, 0) is 6.07 Å². The van der Waals surface area contributed by atoms with Gasteiger partial charge in [-0.15, -0.1) is 0 Å². The number of nitro groups is 1. The van der Waals surface area contributed by atoms with Gasteiger partial charge < -0.3 is 24.4 Å². The molecule has 2 aliphatic rings. The number of hydrogen-bond acceptors (Lipinski definition) is 9. The number of piperazine rings is 1. The number of hydrogen-bond donors (Lipinski definition) is 1. The van der Waals surface area contributed by atoms with E-state index in [1.807, 2.05) is 0 Å². The van der Waals surface area contributed by atoms with E-state index in [-0.39, 0.29) is 18.9 Å². The molecule has 0 radical (unpaired) electrons. The number of aromatic nitrogens is 2. The summed E-state index contributed by atoms with van der Waals surface area (Å²) in [4.78, 5) is 21.3. The highest BCUT2D eigenvalue weighted by Crippen LogP contribution is 2.35. The molecule has 0 bridgehead atoms. The lowest BCUT2D eigenvalue weighted by atomic mass is 10.2. The van der Waals surface area contributed by atoms with Crippen LogP contribution in [0.5, 0.6) is 17.4 Å². The van der Waals surface area contributed by atoms with E-state index in [9.17, 15) is 10.1 Å². The van der Waals surface area contributed by atoms with Gasteiger partial charge >= 0.3 is 0 Å². The molecule has 1 fully saturated rings. The molecule has 4 rings (SSSR count). The van der Waals surface area contributed by atoms with Gasteiger partial charge in [-0.25, -0.2) is 9.97 Å². The average molecular weight is 373 g/mol. The van der Waals surface area contributed by atoms with Crippen molar-refractivity contribution < 1.29 is 19.1 Å². The van der Waals surface area contributed by atoms with Crippen LogP contribution in [-0.2, 0) is 0 Å². The Kier molecular flexibility index (Phi) is 4.88. The Balaban J connectivity index is 1.43. The smallest absolute Gasteiger partial charge is 0.273 e. The second-order valence-electron chi connectivity index (χ2n) is 6.17. The van der Waals surface area contributed by atoms with Gasteiger partial charge in [0.1, 0.15) is 13.2 Å². The Morgan fingerprint density at radius 2 is 2.07 bits per heavy atom. The van der Waals surface area contributed by atoms with Crippen molar-refractivity contribution in [3.05, 3.63) is 40.7 Å². The van der Waals surface area contributed by atoms with Crippen molar-refractivity contribution in [3.63, 3.8) is 0 Å². The highest BCUT2D eigenvalue weighted by atomic mass is 16.6. The molecule has 1 unspecified atom stereocenters. The second kappa shape index (κ2) is 7.62. The van der Waals surface area contributed by atoms with Gasteiger partial charge in [0.2, 0.25) is 0 Å². The van der Waals surface area contributed by atoms with Gasteiger partial charge in [0.05, 0.1) is 11.0 Å². The van der Waals surface area contributed by atoms with E-state index < -0.39 is 11.0 Å². The monoisotopic (exact) mass is 373 g/mol. The van der Waals surface area contributed by atoms with Crippen LogP contribution in [0.4, 0.5) is 11.5 Å². The summed E-state index contributed by atoms with van der Waals surface area (Å²) in [7, 11) is 0. The van der Waals surface area contributed by atoms with Crippen molar-refractivity contribution in [2.75, 3.05) is 44.3 Å². The Labute approximate surface area is 155 Å². The van der Waals surface area contributed by atoms with Crippen molar-refractivity contribution in [1.29, 1.82) is 0 Å². The molecular weight excluding hydrogens is 354 g/mol. The molecule has 10 heteroatoms. The molecule has 1 aromatic heterocycles. The molecule has 2 aliphatic heterocycles. The average Bonchev–Trinajstić information content (AvgIpc) is 2.72. The molecule has 3 heterocycles. The molecule has 0 aliphatic carbocycles. The van der Waals surface area contributed by atoms with Crippen LogP contribution in [0.25, 0.3) is 0 Å². The number of nitrogens with zero attached hydrogens (tertiary/aromatic N) is 4. The number of benzene rings is 1. The zero-order valence-corrected chi connectivity index (χ0v) is 14.5. The van der Waals surface area contributed by atoms with Gasteiger partial charge in [0.25, 0.3) is 11.6 Å². The fraction of sp³-hybridized carbons (Fsp3) is 0.412. The Morgan fingerprint density at radius 1 is 1.26 bits per heavy atom. The molecule has 0 spiro atoms. The highest BCUT2D eigenvalue weighted by molar-refractivity contribution is 5.50. The van der Waals surface area contributed by atoms with Gasteiger partial charge in [0, 0.05) is 44.6 Å². The largest absolute Gasteiger partial charge is 0.486 e. The van der Waals surface area contributed by atoms with Crippen LogP contribution in [0.2, 0.25) is 0 Å². The molecule has 1 N–H and O–H groups in total. The molecule has 10 nitrogen and oxygen atoms in total. The number of nitrogens with one attached hydrogen (secondary N) is 1. The van der Waals surface area contributed by atoms with E-state index >= 15 is 0 Å².